The molecule has 8 heteroatoms. The normalized spacial score (nSPS) is 11.3. The molecule has 22 heavy (non-hydrogen) atoms. The number of halogens is 3. The van der Waals surface area contributed by atoms with Crippen molar-refractivity contribution in [2.75, 3.05) is 23.7 Å². The molecule has 0 saturated heterocycles. The number of benzene rings is 2. The second kappa shape index (κ2) is 6.10. The molecule has 2 rings (SSSR count). The number of rotatable bonds is 4. The Morgan fingerprint density at radius 2 is 1.68 bits per heavy atom. The van der Waals surface area contributed by atoms with E-state index in [0.29, 0.717) is 5.69 Å². The van der Waals surface area contributed by atoms with Crippen LogP contribution in [0.3, 0.4) is 0 Å². The predicted octanol–water partition coefficient (Wildman–Crippen LogP) is 3.49. The van der Waals surface area contributed by atoms with E-state index in [1.165, 1.54) is 6.07 Å². The van der Waals surface area contributed by atoms with Crippen LogP contribution in [0.15, 0.2) is 41.3 Å². The van der Waals surface area contributed by atoms with Gasteiger partial charge in [-0.15, -0.1) is 0 Å². The zero-order chi connectivity index (χ0) is 16.5. The molecule has 4 nitrogen and oxygen atoms in total. The Kier molecular flexibility index (Phi) is 4.58. The van der Waals surface area contributed by atoms with Gasteiger partial charge in [-0.2, -0.15) is 0 Å². The SMILES string of the molecule is CN(C)c1ccc(Cl)cc1NS(=O)(=O)c1c(F)cccc1F. The summed E-state index contributed by atoms with van der Waals surface area (Å²) in [6, 6.07) is 7.39. The van der Waals surface area contributed by atoms with E-state index in [-0.39, 0.29) is 10.7 Å². The molecule has 0 aliphatic rings. The molecule has 0 aliphatic carbocycles. The van der Waals surface area contributed by atoms with Crippen LogP contribution in [0.1, 0.15) is 0 Å². The fourth-order valence-corrected chi connectivity index (χ4v) is 3.29. The second-order valence-electron chi connectivity index (χ2n) is 4.71. The van der Waals surface area contributed by atoms with Gasteiger partial charge in [0.25, 0.3) is 10.0 Å². The molecule has 0 fully saturated rings. The molecule has 0 aliphatic heterocycles. The Morgan fingerprint density at radius 3 is 2.23 bits per heavy atom. The van der Waals surface area contributed by atoms with Crippen LogP contribution in [-0.2, 0) is 10.0 Å². The average molecular weight is 347 g/mol. The van der Waals surface area contributed by atoms with E-state index in [9.17, 15) is 17.2 Å². The molecule has 118 valence electrons. The molecule has 0 saturated carbocycles. The molecule has 0 heterocycles. The van der Waals surface area contributed by atoms with Gasteiger partial charge in [0.1, 0.15) is 11.6 Å². The monoisotopic (exact) mass is 346 g/mol. The summed E-state index contributed by atoms with van der Waals surface area (Å²) in [5.41, 5.74) is 0.630. The molecule has 0 unspecified atom stereocenters. The lowest BCUT2D eigenvalue weighted by molar-refractivity contribution is 0.521. The van der Waals surface area contributed by atoms with Crippen molar-refractivity contribution in [3.63, 3.8) is 0 Å². The van der Waals surface area contributed by atoms with E-state index >= 15 is 0 Å². The molecule has 2 aromatic rings. The van der Waals surface area contributed by atoms with Crippen LogP contribution in [0.2, 0.25) is 5.02 Å². The molecule has 0 aromatic heterocycles. The maximum atomic E-state index is 13.7. The Labute approximate surface area is 132 Å². The van der Waals surface area contributed by atoms with Gasteiger partial charge in [-0.25, -0.2) is 17.2 Å². The molecule has 0 bridgehead atoms. The van der Waals surface area contributed by atoms with Crippen LogP contribution in [-0.4, -0.2) is 22.5 Å². The molecular weight excluding hydrogens is 334 g/mol. The molecule has 0 atom stereocenters. The number of hydrogen-bond acceptors (Lipinski definition) is 3. The lowest BCUT2D eigenvalue weighted by Gasteiger charge is -2.19. The van der Waals surface area contributed by atoms with Crippen LogP contribution in [0.4, 0.5) is 20.2 Å². The highest BCUT2D eigenvalue weighted by Gasteiger charge is 2.25. The van der Waals surface area contributed by atoms with Gasteiger partial charge in [0, 0.05) is 19.1 Å². The van der Waals surface area contributed by atoms with Crippen molar-refractivity contribution in [2.45, 2.75) is 4.90 Å². The number of sulfonamides is 1. The average Bonchev–Trinajstić information content (AvgIpc) is 2.37. The van der Waals surface area contributed by atoms with Gasteiger partial charge in [0.05, 0.1) is 11.4 Å². The quantitative estimate of drug-likeness (QED) is 0.922. The van der Waals surface area contributed by atoms with Crippen molar-refractivity contribution in [3.8, 4) is 0 Å². The smallest absolute Gasteiger partial charge is 0.267 e. The second-order valence-corrected chi connectivity index (χ2v) is 6.77. The van der Waals surface area contributed by atoms with Crippen molar-refractivity contribution in [2.24, 2.45) is 0 Å². The van der Waals surface area contributed by atoms with Gasteiger partial charge >= 0.3 is 0 Å². The van der Waals surface area contributed by atoms with E-state index in [0.717, 1.165) is 18.2 Å². The lowest BCUT2D eigenvalue weighted by atomic mass is 10.2. The van der Waals surface area contributed by atoms with E-state index in [1.54, 1.807) is 31.1 Å². The summed E-state index contributed by atoms with van der Waals surface area (Å²) in [5, 5.41) is 0.289. The first-order valence-corrected chi connectivity index (χ1v) is 8.02. The Hall–Kier alpha value is -1.86. The van der Waals surface area contributed by atoms with Crippen molar-refractivity contribution in [1.82, 2.24) is 0 Å². The van der Waals surface area contributed by atoms with E-state index in [4.69, 9.17) is 11.6 Å². The van der Waals surface area contributed by atoms with Crippen molar-refractivity contribution >= 4 is 33.0 Å². The fraction of sp³-hybridized carbons (Fsp3) is 0.143. The van der Waals surface area contributed by atoms with Gasteiger partial charge in [0.2, 0.25) is 0 Å². The first-order chi connectivity index (χ1) is 10.2. The van der Waals surface area contributed by atoms with Gasteiger partial charge in [0.15, 0.2) is 4.90 Å². The summed E-state index contributed by atoms with van der Waals surface area (Å²) in [7, 11) is -1.03. The Balaban J connectivity index is 2.52. The van der Waals surface area contributed by atoms with Gasteiger partial charge in [-0.05, 0) is 30.3 Å². The first kappa shape index (κ1) is 16.5. The third-order valence-electron chi connectivity index (χ3n) is 2.87. The van der Waals surface area contributed by atoms with Gasteiger partial charge in [-0.1, -0.05) is 17.7 Å². The third kappa shape index (κ3) is 3.31. The van der Waals surface area contributed by atoms with Crippen LogP contribution in [0.25, 0.3) is 0 Å². The topological polar surface area (TPSA) is 49.4 Å². The highest BCUT2D eigenvalue weighted by atomic mass is 35.5. The number of hydrogen-bond donors (Lipinski definition) is 1. The maximum Gasteiger partial charge on any atom is 0.267 e. The largest absolute Gasteiger partial charge is 0.376 e. The lowest BCUT2D eigenvalue weighted by Crippen LogP contribution is -2.19. The first-order valence-electron chi connectivity index (χ1n) is 6.16. The zero-order valence-corrected chi connectivity index (χ0v) is 13.3. The molecule has 2 aromatic carbocycles. The van der Waals surface area contributed by atoms with Crippen molar-refractivity contribution in [1.29, 1.82) is 0 Å². The summed E-state index contributed by atoms with van der Waals surface area (Å²) < 4.78 is 54.1. The fourth-order valence-electron chi connectivity index (χ4n) is 1.92. The zero-order valence-electron chi connectivity index (χ0n) is 11.8. The molecular formula is C14H13ClF2N2O2S. The molecule has 1 N–H and O–H groups in total. The Morgan fingerprint density at radius 1 is 1.09 bits per heavy atom. The summed E-state index contributed by atoms with van der Waals surface area (Å²) in [6.07, 6.45) is 0. The summed E-state index contributed by atoms with van der Waals surface area (Å²) in [4.78, 5) is 0.617. The Bertz CT molecular complexity index is 790. The van der Waals surface area contributed by atoms with E-state index in [1.807, 2.05) is 0 Å². The van der Waals surface area contributed by atoms with Crippen molar-refractivity contribution in [3.05, 3.63) is 53.1 Å². The summed E-state index contributed by atoms with van der Waals surface area (Å²) in [6.45, 7) is 0. The van der Waals surface area contributed by atoms with E-state index < -0.39 is 26.6 Å². The van der Waals surface area contributed by atoms with E-state index in [2.05, 4.69) is 4.72 Å². The highest BCUT2D eigenvalue weighted by Crippen LogP contribution is 2.30. The minimum absolute atomic E-state index is 0.125. The summed E-state index contributed by atoms with van der Waals surface area (Å²) >= 11 is 5.86. The third-order valence-corrected chi connectivity index (χ3v) is 4.52. The van der Waals surface area contributed by atoms with Crippen LogP contribution in [0.5, 0.6) is 0 Å². The minimum Gasteiger partial charge on any atom is -0.376 e. The van der Waals surface area contributed by atoms with Crippen molar-refractivity contribution < 1.29 is 17.2 Å². The van der Waals surface area contributed by atoms with Crippen LogP contribution < -0.4 is 9.62 Å². The number of nitrogens with one attached hydrogen (secondary N) is 1. The van der Waals surface area contributed by atoms with Gasteiger partial charge in [-0.3, -0.25) is 4.72 Å². The molecule has 0 radical (unpaired) electrons. The standard InChI is InChI=1S/C14H13ClF2N2O2S/c1-19(2)13-7-6-9(15)8-12(13)18-22(20,21)14-10(16)4-3-5-11(14)17/h3-8,18H,1-2H3. The minimum atomic E-state index is -4.43. The molecule has 0 spiro atoms. The maximum absolute atomic E-state index is 13.7. The number of nitrogens with zero attached hydrogens (tertiary/aromatic N) is 1. The molecule has 0 amide bonds. The summed E-state index contributed by atoms with van der Waals surface area (Å²) in [5.74, 6) is -2.33. The highest BCUT2D eigenvalue weighted by molar-refractivity contribution is 7.92. The van der Waals surface area contributed by atoms with Crippen LogP contribution in [0, 0.1) is 11.6 Å². The predicted molar refractivity (Wildman–Crippen MR) is 82.9 cm³/mol. The number of anilines is 2. The van der Waals surface area contributed by atoms with Gasteiger partial charge < -0.3 is 4.90 Å². The van der Waals surface area contributed by atoms with Crippen LogP contribution >= 0.6 is 11.6 Å².